The van der Waals surface area contributed by atoms with Crippen LogP contribution < -0.4 is 9.47 Å². The number of hydrogen-bond acceptors (Lipinski definition) is 5. The third kappa shape index (κ3) is 5.09. The summed E-state index contributed by atoms with van der Waals surface area (Å²) in [7, 11) is 3.78. The minimum Gasteiger partial charge on any atom is -0.490 e. The Kier molecular flexibility index (Phi) is 6.64. The van der Waals surface area contributed by atoms with Crippen molar-refractivity contribution in [1.29, 1.82) is 0 Å². The van der Waals surface area contributed by atoms with E-state index < -0.39 is 5.97 Å². The Labute approximate surface area is 148 Å². The third-order valence-corrected chi connectivity index (χ3v) is 4.06. The van der Waals surface area contributed by atoms with Gasteiger partial charge in [0.25, 0.3) is 0 Å². The van der Waals surface area contributed by atoms with Gasteiger partial charge in [0.05, 0.1) is 12.5 Å². The van der Waals surface area contributed by atoms with Gasteiger partial charge in [0.15, 0.2) is 11.5 Å². The molecule has 1 N–H and O–H groups in total. The second-order valence-electron chi connectivity index (χ2n) is 6.35. The number of fused-ring (bicyclic) bond motifs is 1. The van der Waals surface area contributed by atoms with E-state index in [1.165, 1.54) is 4.90 Å². The topological polar surface area (TPSA) is 79.3 Å². The van der Waals surface area contributed by atoms with Gasteiger partial charge in [-0.2, -0.15) is 0 Å². The molecule has 1 amide bonds. The van der Waals surface area contributed by atoms with Crippen LogP contribution >= 0.6 is 0 Å². The molecule has 0 saturated carbocycles. The summed E-state index contributed by atoms with van der Waals surface area (Å²) < 4.78 is 11.4. The minimum absolute atomic E-state index is 0.184. The summed E-state index contributed by atoms with van der Waals surface area (Å²) in [6.07, 6.45) is 0.521. The summed E-state index contributed by atoms with van der Waals surface area (Å²) in [5.74, 6) is -0.210. The molecule has 1 atom stereocenters. The molecule has 1 heterocycles. The number of hydrogen-bond donors (Lipinski definition) is 1. The van der Waals surface area contributed by atoms with Crippen molar-refractivity contribution in [3.63, 3.8) is 0 Å². The Morgan fingerprint density at radius 1 is 1.32 bits per heavy atom. The highest BCUT2D eigenvalue weighted by Gasteiger charge is 2.31. The van der Waals surface area contributed by atoms with Crippen molar-refractivity contribution in [3.05, 3.63) is 23.8 Å². The minimum atomic E-state index is -1.01. The number of amides is 1. The van der Waals surface area contributed by atoms with E-state index in [0.29, 0.717) is 37.6 Å². The van der Waals surface area contributed by atoms with Crippen LogP contribution in [0.1, 0.15) is 12.5 Å². The lowest BCUT2D eigenvalue weighted by Crippen LogP contribution is -2.45. The Hall–Kier alpha value is -2.28. The smallest absolute Gasteiger partial charge is 0.323 e. The summed E-state index contributed by atoms with van der Waals surface area (Å²) in [6, 6.07) is 5.64. The van der Waals surface area contributed by atoms with Crippen LogP contribution in [0.25, 0.3) is 0 Å². The Balaban J connectivity index is 2.11. The van der Waals surface area contributed by atoms with Gasteiger partial charge in [-0.25, -0.2) is 0 Å². The van der Waals surface area contributed by atoms with Gasteiger partial charge < -0.3 is 24.4 Å². The van der Waals surface area contributed by atoms with Crippen LogP contribution in [0, 0.1) is 5.92 Å². The lowest BCUT2D eigenvalue weighted by molar-refractivity contribution is -0.147. The summed E-state index contributed by atoms with van der Waals surface area (Å²) in [4.78, 5) is 27.2. The molecule has 7 nitrogen and oxygen atoms in total. The maximum Gasteiger partial charge on any atom is 0.323 e. The molecule has 1 aliphatic rings. The molecule has 0 bridgehead atoms. The molecule has 0 aromatic heterocycles. The number of carbonyl (C=O) groups excluding carboxylic acids is 1. The lowest BCUT2D eigenvalue weighted by atomic mass is 9.95. The SMILES string of the molecule is CCOc1cccc2c1OCC(C(=O)N(CCN(C)C)CC(=O)O)C2. The first-order valence-corrected chi connectivity index (χ1v) is 8.45. The molecule has 1 aromatic carbocycles. The van der Waals surface area contributed by atoms with E-state index in [1.807, 2.05) is 44.1 Å². The summed E-state index contributed by atoms with van der Waals surface area (Å²) >= 11 is 0. The number of carboxylic acids is 1. The third-order valence-electron chi connectivity index (χ3n) is 4.06. The first kappa shape index (κ1) is 19.1. The van der Waals surface area contributed by atoms with Crippen molar-refractivity contribution in [2.75, 3.05) is 46.9 Å². The van der Waals surface area contributed by atoms with Gasteiger partial charge in [0, 0.05) is 13.1 Å². The molecule has 0 aliphatic carbocycles. The van der Waals surface area contributed by atoms with Crippen LogP contribution in [0.3, 0.4) is 0 Å². The second kappa shape index (κ2) is 8.71. The zero-order valence-corrected chi connectivity index (χ0v) is 15.0. The molecule has 25 heavy (non-hydrogen) atoms. The van der Waals surface area contributed by atoms with Crippen LogP contribution in [-0.2, 0) is 16.0 Å². The standard InChI is InChI=1S/C18H26N2O5/c1-4-24-15-7-5-6-13-10-14(12-25-17(13)15)18(23)20(11-16(21)22)9-8-19(2)3/h5-7,14H,4,8-12H2,1-3H3,(H,21,22). The fourth-order valence-corrected chi connectivity index (χ4v) is 2.83. The fraction of sp³-hybridized carbons (Fsp3) is 0.556. The number of para-hydroxylation sites is 1. The van der Waals surface area contributed by atoms with Crippen molar-refractivity contribution >= 4 is 11.9 Å². The molecule has 2 rings (SSSR count). The number of carboxylic acid groups (broad SMARTS) is 1. The van der Waals surface area contributed by atoms with E-state index in [0.717, 1.165) is 5.56 Å². The van der Waals surface area contributed by atoms with Gasteiger partial charge in [0.1, 0.15) is 13.2 Å². The van der Waals surface area contributed by atoms with Crippen molar-refractivity contribution in [3.8, 4) is 11.5 Å². The van der Waals surface area contributed by atoms with E-state index >= 15 is 0 Å². The van der Waals surface area contributed by atoms with Gasteiger partial charge in [-0.15, -0.1) is 0 Å². The largest absolute Gasteiger partial charge is 0.490 e. The van der Waals surface area contributed by atoms with Gasteiger partial charge in [-0.1, -0.05) is 12.1 Å². The molecule has 0 radical (unpaired) electrons. The highest BCUT2D eigenvalue weighted by Crippen LogP contribution is 2.36. The molecule has 1 aromatic rings. The predicted molar refractivity (Wildman–Crippen MR) is 93.1 cm³/mol. The van der Waals surface area contributed by atoms with Crippen LogP contribution in [0.4, 0.5) is 0 Å². The zero-order valence-electron chi connectivity index (χ0n) is 15.0. The monoisotopic (exact) mass is 350 g/mol. The normalized spacial score (nSPS) is 16.1. The van der Waals surface area contributed by atoms with E-state index in [4.69, 9.17) is 14.6 Å². The van der Waals surface area contributed by atoms with Gasteiger partial charge in [-0.05, 0) is 39.1 Å². The van der Waals surface area contributed by atoms with E-state index in [2.05, 4.69) is 0 Å². The maximum absolute atomic E-state index is 12.8. The molecule has 0 spiro atoms. The van der Waals surface area contributed by atoms with E-state index in [-0.39, 0.29) is 25.0 Å². The number of benzene rings is 1. The average molecular weight is 350 g/mol. The van der Waals surface area contributed by atoms with Crippen LogP contribution in [0.5, 0.6) is 11.5 Å². The first-order valence-electron chi connectivity index (χ1n) is 8.45. The number of carbonyl (C=O) groups is 2. The zero-order chi connectivity index (χ0) is 18.4. The quantitative estimate of drug-likeness (QED) is 0.757. The molecular formula is C18H26N2O5. The van der Waals surface area contributed by atoms with E-state index in [9.17, 15) is 9.59 Å². The summed E-state index contributed by atoms with van der Waals surface area (Å²) in [5.41, 5.74) is 0.915. The number of aliphatic carboxylic acids is 1. The highest BCUT2D eigenvalue weighted by atomic mass is 16.5. The number of ether oxygens (including phenoxy) is 2. The highest BCUT2D eigenvalue weighted by molar-refractivity contribution is 5.83. The molecular weight excluding hydrogens is 324 g/mol. The Bertz CT molecular complexity index is 617. The summed E-state index contributed by atoms with van der Waals surface area (Å²) in [6.45, 7) is 3.36. The second-order valence-corrected chi connectivity index (χ2v) is 6.35. The lowest BCUT2D eigenvalue weighted by Gasteiger charge is -2.30. The van der Waals surface area contributed by atoms with Gasteiger partial charge in [0.2, 0.25) is 5.91 Å². The Morgan fingerprint density at radius 3 is 2.72 bits per heavy atom. The number of rotatable bonds is 8. The molecule has 1 aliphatic heterocycles. The number of nitrogens with zero attached hydrogens (tertiary/aromatic N) is 2. The molecule has 7 heteroatoms. The maximum atomic E-state index is 12.8. The average Bonchev–Trinajstić information content (AvgIpc) is 2.57. The van der Waals surface area contributed by atoms with Crippen molar-refractivity contribution in [1.82, 2.24) is 9.80 Å². The molecule has 138 valence electrons. The van der Waals surface area contributed by atoms with Crippen LogP contribution in [-0.4, -0.2) is 73.7 Å². The molecule has 1 unspecified atom stereocenters. The first-order chi connectivity index (χ1) is 11.9. The fourth-order valence-electron chi connectivity index (χ4n) is 2.83. The predicted octanol–water partition coefficient (Wildman–Crippen LogP) is 1.11. The Morgan fingerprint density at radius 2 is 2.08 bits per heavy atom. The number of likely N-dealkylation sites (N-methyl/N-ethyl adjacent to an activating group) is 1. The van der Waals surface area contributed by atoms with Crippen molar-refractivity contribution in [2.45, 2.75) is 13.3 Å². The van der Waals surface area contributed by atoms with Gasteiger partial charge in [-0.3, -0.25) is 9.59 Å². The van der Waals surface area contributed by atoms with Gasteiger partial charge >= 0.3 is 5.97 Å². The summed E-state index contributed by atoms with van der Waals surface area (Å²) in [5, 5.41) is 9.09. The molecule has 0 fully saturated rings. The van der Waals surface area contributed by atoms with Crippen LogP contribution in [0.15, 0.2) is 18.2 Å². The molecule has 0 saturated heterocycles. The van der Waals surface area contributed by atoms with Crippen molar-refractivity contribution in [2.24, 2.45) is 5.92 Å². The van der Waals surface area contributed by atoms with Crippen LogP contribution in [0.2, 0.25) is 0 Å². The van der Waals surface area contributed by atoms with Crippen molar-refractivity contribution < 1.29 is 24.2 Å². The van der Waals surface area contributed by atoms with E-state index in [1.54, 1.807) is 0 Å².